The van der Waals surface area contributed by atoms with Gasteiger partial charge >= 0.3 is 0 Å². The van der Waals surface area contributed by atoms with Crippen molar-refractivity contribution >= 4 is 46.2 Å². The first-order valence-electron chi connectivity index (χ1n) is 14.9. The van der Waals surface area contributed by atoms with Crippen LogP contribution in [-0.2, 0) is 9.59 Å². The van der Waals surface area contributed by atoms with Gasteiger partial charge in [0, 0.05) is 58.8 Å². The van der Waals surface area contributed by atoms with Crippen molar-refractivity contribution in [3.05, 3.63) is 104 Å². The molecule has 236 valence electrons. The number of piperazine rings is 1. The second-order valence-corrected chi connectivity index (χ2v) is 12.9. The van der Waals surface area contributed by atoms with Crippen molar-refractivity contribution < 1.29 is 19.1 Å². The van der Waals surface area contributed by atoms with E-state index < -0.39 is 6.04 Å². The third-order valence-electron chi connectivity index (χ3n) is 8.42. The smallest absolute Gasteiger partial charge is 0.246 e. The maximum Gasteiger partial charge on any atom is 0.246 e. The fourth-order valence-electron chi connectivity index (χ4n) is 5.71. The number of hydrogen-bond donors (Lipinski definition) is 0. The largest absolute Gasteiger partial charge is 0.497 e. The topological polar surface area (TPSA) is 110 Å². The summed E-state index contributed by atoms with van der Waals surface area (Å²) in [5, 5.41) is 10.5. The second-order valence-electron chi connectivity index (χ2n) is 11.2. The Morgan fingerprint density at radius 2 is 1.61 bits per heavy atom. The van der Waals surface area contributed by atoms with E-state index >= 15 is 0 Å². The summed E-state index contributed by atoms with van der Waals surface area (Å²) in [7, 11) is 1.56. The Kier molecular flexibility index (Phi) is 8.88. The third-order valence-corrected chi connectivity index (χ3v) is 9.87. The minimum absolute atomic E-state index is 0.0770. The number of fused-ring (bicyclic) bond motifs is 3. The van der Waals surface area contributed by atoms with Crippen LogP contribution in [0.25, 0.3) is 5.00 Å². The van der Waals surface area contributed by atoms with Crippen LogP contribution >= 0.6 is 22.9 Å². The number of carbonyl (C=O) groups excluding carboxylic acids is 3. The minimum atomic E-state index is -0.565. The summed E-state index contributed by atoms with van der Waals surface area (Å²) in [6.07, 6.45) is 2.68. The molecular weight excluding hydrogens is 624 g/mol. The van der Waals surface area contributed by atoms with Crippen molar-refractivity contribution in [3.8, 4) is 10.8 Å². The van der Waals surface area contributed by atoms with E-state index in [-0.39, 0.29) is 24.0 Å². The normalized spacial score (nSPS) is 16.1. The number of amides is 2. The number of thiophene rings is 1. The van der Waals surface area contributed by atoms with Crippen LogP contribution in [-0.4, -0.2) is 81.2 Å². The highest BCUT2D eigenvalue weighted by atomic mass is 35.5. The van der Waals surface area contributed by atoms with Crippen molar-refractivity contribution in [1.29, 1.82) is 0 Å². The lowest BCUT2D eigenvalue weighted by molar-refractivity contribution is -0.137. The van der Waals surface area contributed by atoms with Crippen molar-refractivity contribution in [2.45, 2.75) is 33.2 Å². The van der Waals surface area contributed by atoms with E-state index in [4.69, 9.17) is 21.3 Å². The lowest BCUT2D eigenvalue weighted by Gasteiger charge is -2.34. The summed E-state index contributed by atoms with van der Waals surface area (Å²) in [4.78, 5) is 48.9. The molecule has 0 aliphatic carbocycles. The zero-order valence-electron chi connectivity index (χ0n) is 26.0. The lowest BCUT2D eigenvalue weighted by atomic mass is 9.99. The van der Waals surface area contributed by atoms with Gasteiger partial charge in [-0.15, -0.1) is 21.5 Å². The Morgan fingerprint density at radius 1 is 0.935 bits per heavy atom. The molecule has 4 aromatic rings. The summed E-state index contributed by atoms with van der Waals surface area (Å²) < 4.78 is 7.15. The van der Waals surface area contributed by atoms with Gasteiger partial charge in [0.25, 0.3) is 0 Å². The predicted molar refractivity (Wildman–Crippen MR) is 178 cm³/mol. The molecule has 1 saturated heterocycles. The number of methoxy groups -OCH3 is 1. The highest BCUT2D eigenvalue weighted by Gasteiger charge is 2.34. The molecule has 6 rings (SSSR count). The molecule has 0 unspecified atom stereocenters. The molecule has 0 N–H and O–H groups in total. The van der Waals surface area contributed by atoms with Gasteiger partial charge in [0.15, 0.2) is 11.6 Å². The van der Waals surface area contributed by atoms with E-state index in [1.807, 2.05) is 35.8 Å². The highest BCUT2D eigenvalue weighted by Crippen LogP contribution is 2.39. The lowest BCUT2D eigenvalue weighted by Crippen LogP contribution is -2.50. The quantitative estimate of drug-likeness (QED) is 0.197. The number of rotatable bonds is 7. The van der Waals surface area contributed by atoms with Crippen LogP contribution in [0.2, 0.25) is 5.02 Å². The van der Waals surface area contributed by atoms with Gasteiger partial charge < -0.3 is 14.5 Å². The van der Waals surface area contributed by atoms with Gasteiger partial charge in [-0.2, -0.15) is 0 Å². The maximum atomic E-state index is 13.7. The Labute approximate surface area is 276 Å². The number of ether oxygens (including phenoxy) is 1. The molecule has 1 fully saturated rings. The fourth-order valence-corrected chi connectivity index (χ4v) is 7.05. The molecule has 2 aliphatic heterocycles. The molecule has 0 saturated carbocycles. The molecule has 0 bridgehead atoms. The van der Waals surface area contributed by atoms with E-state index in [0.29, 0.717) is 48.3 Å². The predicted octanol–water partition coefficient (Wildman–Crippen LogP) is 5.31. The average Bonchev–Trinajstić information content (AvgIpc) is 3.55. The highest BCUT2D eigenvalue weighted by molar-refractivity contribution is 7.15. The second kappa shape index (κ2) is 13.0. The Balaban J connectivity index is 1.17. The maximum absolute atomic E-state index is 13.7. The monoisotopic (exact) mass is 656 g/mol. The third kappa shape index (κ3) is 6.12. The molecule has 2 aliphatic rings. The van der Waals surface area contributed by atoms with Gasteiger partial charge in [0.1, 0.15) is 22.6 Å². The standard InChI is InChI=1S/C34H33ClN6O4S/c1-20-21(2)46-34-31(20)32(24-5-9-25(35)10-6-24)36-27(33-38-37-22(3)41(33)34)19-30(44)40-17-15-39(16-18-40)29(43)14-13-28(42)23-7-11-26(45-4)12-8-23/h5-14,27H,15-19H2,1-4H3/b14-13-/t27-/m0/s1. The van der Waals surface area contributed by atoms with Crippen LogP contribution < -0.4 is 4.74 Å². The van der Waals surface area contributed by atoms with Crippen molar-refractivity contribution in [2.75, 3.05) is 33.3 Å². The van der Waals surface area contributed by atoms with E-state index in [1.54, 1.807) is 52.5 Å². The van der Waals surface area contributed by atoms with Crippen LogP contribution in [0, 0.1) is 20.8 Å². The molecule has 2 aromatic carbocycles. The number of aromatic nitrogens is 3. The molecule has 0 radical (unpaired) electrons. The summed E-state index contributed by atoms with van der Waals surface area (Å²) in [6, 6.07) is 13.7. The Hall–Kier alpha value is -4.61. The first-order valence-corrected chi connectivity index (χ1v) is 16.1. The van der Waals surface area contributed by atoms with Gasteiger partial charge in [-0.3, -0.25) is 23.9 Å². The van der Waals surface area contributed by atoms with Crippen LogP contribution in [0.4, 0.5) is 0 Å². The van der Waals surface area contributed by atoms with Crippen LogP contribution in [0.1, 0.15) is 56.0 Å². The molecule has 2 amide bonds. The molecular formula is C34H33ClN6O4S. The van der Waals surface area contributed by atoms with E-state index in [9.17, 15) is 14.4 Å². The molecule has 2 aromatic heterocycles. The van der Waals surface area contributed by atoms with Crippen molar-refractivity contribution in [3.63, 3.8) is 0 Å². The SMILES string of the molecule is COc1ccc(C(=O)/C=C\C(=O)N2CCN(C(=O)C[C@@H]3N=C(c4ccc(Cl)cc4)c4c(sc(C)c4C)-n4c(C)nnc43)CC2)cc1. The van der Waals surface area contributed by atoms with Crippen LogP contribution in [0.15, 0.2) is 65.7 Å². The van der Waals surface area contributed by atoms with E-state index in [2.05, 4.69) is 24.0 Å². The number of halogens is 1. The number of hydrogen-bond acceptors (Lipinski definition) is 8. The van der Waals surface area contributed by atoms with Crippen LogP contribution in [0.3, 0.4) is 0 Å². The van der Waals surface area contributed by atoms with Gasteiger partial charge in [-0.1, -0.05) is 23.7 Å². The van der Waals surface area contributed by atoms with Crippen molar-refractivity contribution in [2.24, 2.45) is 4.99 Å². The number of aryl methyl sites for hydroxylation is 2. The van der Waals surface area contributed by atoms with E-state index in [0.717, 1.165) is 33.2 Å². The van der Waals surface area contributed by atoms with Crippen LogP contribution in [0.5, 0.6) is 5.75 Å². The van der Waals surface area contributed by atoms with Gasteiger partial charge in [-0.05, 0) is 68.8 Å². The zero-order chi connectivity index (χ0) is 32.5. The average molecular weight is 657 g/mol. The zero-order valence-corrected chi connectivity index (χ0v) is 27.6. The number of ketones is 1. The molecule has 12 heteroatoms. The summed E-state index contributed by atoms with van der Waals surface area (Å²) in [5.74, 6) is 1.39. The first kappa shape index (κ1) is 31.4. The summed E-state index contributed by atoms with van der Waals surface area (Å²) in [5.41, 5.74) is 4.30. The number of carbonyl (C=O) groups is 3. The van der Waals surface area contributed by atoms with Gasteiger partial charge in [0.05, 0.1) is 19.2 Å². The summed E-state index contributed by atoms with van der Waals surface area (Å²) >= 11 is 7.88. The molecule has 10 nitrogen and oxygen atoms in total. The molecule has 1 atom stereocenters. The molecule has 46 heavy (non-hydrogen) atoms. The molecule has 0 spiro atoms. The summed E-state index contributed by atoms with van der Waals surface area (Å²) in [6.45, 7) is 7.57. The van der Waals surface area contributed by atoms with Crippen molar-refractivity contribution in [1.82, 2.24) is 24.6 Å². The number of aliphatic imine (C=N–C) groups is 1. The minimum Gasteiger partial charge on any atom is -0.497 e. The van der Waals surface area contributed by atoms with Gasteiger partial charge in [-0.25, -0.2) is 0 Å². The first-order chi connectivity index (χ1) is 22.1. The number of benzene rings is 2. The van der Waals surface area contributed by atoms with Gasteiger partial charge in [0.2, 0.25) is 11.8 Å². The Morgan fingerprint density at radius 3 is 2.28 bits per heavy atom. The number of nitrogens with zero attached hydrogens (tertiary/aromatic N) is 6. The van der Waals surface area contributed by atoms with E-state index in [1.165, 1.54) is 17.0 Å². The Bertz CT molecular complexity index is 1870. The molecule has 4 heterocycles. The number of allylic oxidation sites excluding steroid dienone is 1. The fraction of sp³-hybridized carbons (Fsp3) is 0.294.